The highest BCUT2D eigenvalue weighted by atomic mass is 35.5. The van der Waals surface area contributed by atoms with E-state index < -0.39 is 0 Å². The van der Waals surface area contributed by atoms with Gasteiger partial charge in [0, 0.05) is 21.0 Å². The molecule has 1 aromatic carbocycles. The van der Waals surface area contributed by atoms with Crippen molar-refractivity contribution in [2.45, 2.75) is 12.5 Å². The molecule has 2 aromatic rings. The zero-order chi connectivity index (χ0) is 14.3. The molecule has 1 aromatic heterocycles. The van der Waals surface area contributed by atoms with Gasteiger partial charge in [-0.25, -0.2) is 0 Å². The van der Waals surface area contributed by atoms with Gasteiger partial charge in [0.15, 0.2) is 0 Å². The van der Waals surface area contributed by atoms with E-state index >= 15 is 0 Å². The van der Waals surface area contributed by atoms with Crippen LogP contribution in [0, 0.1) is 0 Å². The highest BCUT2D eigenvalue weighted by Gasteiger charge is 2.22. The molecule has 0 saturated carbocycles. The molecule has 1 aliphatic heterocycles. The summed E-state index contributed by atoms with van der Waals surface area (Å²) in [5, 5.41) is 5.24. The molecule has 0 saturated heterocycles. The fraction of sp³-hybridized carbons (Fsp3) is 0.214. The quantitative estimate of drug-likeness (QED) is 0.916. The molecule has 3 rings (SSSR count). The molecule has 0 aliphatic carbocycles. The number of hydrogen-bond acceptors (Lipinski definition) is 4. The standard InChI is InChI=1S/C14H13ClN2O2S/c1-19-8-4-12(20-6-8)14(16)9-2-7-3-13(18)17-11(7)5-10(9)15/h2,4-6,14H,3,16H2,1H3,(H,17,18). The molecule has 0 fully saturated rings. The third-order valence-electron chi connectivity index (χ3n) is 3.32. The zero-order valence-corrected chi connectivity index (χ0v) is 12.3. The number of methoxy groups -OCH3 is 1. The molecule has 20 heavy (non-hydrogen) atoms. The van der Waals surface area contributed by atoms with Crippen LogP contribution in [0.2, 0.25) is 5.02 Å². The number of nitrogens with two attached hydrogens (primary N) is 1. The lowest BCUT2D eigenvalue weighted by molar-refractivity contribution is -0.115. The van der Waals surface area contributed by atoms with Crippen LogP contribution in [0.3, 0.4) is 0 Å². The smallest absolute Gasteiger partial charge is 0.228 e. The summed E-state index contributed by atoms with van der Waals surface area (Å²) in [4.78, 5) is 12.4. The van der Waals surface area contributed by atoms with Crippen molar-refractivity contribution in [2.75, 3.05) is 12.4 Å². The number of thiophene rings is 1. The predicted molar refractivity (Wildman–Crippen MR) is 80.7 cm³/mol. The number of amides is 1. The Morgan fingerprint density at radius 1 is 1.45 bits per heavy atom. The van der Waals surface area contributed by atoms with E-state index in [1.807, 2.05) is 17.5 Å². The Kier molecular flexibility index (Phi) is 3.41. The molecular weight excluding hydrogens is 296 g/mol. The number of halogens is 1. The lowest BCUT2D eigenvalue weighted by atomic mass is 10.0. The minimum absolute atomic E-state index is 0.0143. The third-order valence-corrected chi connectivity index (χ3v) is 4.64. The van der Waals surface area contributed by atoms with Crippen molar-refractivity contribution in [1.82, 2.24) is 0 Å². The monoisotopic (exact) mass is 308 g/mol. The van der Waals surface area contributed by atoms with Gasteiger partial charge < -0.3 is 15.8 Å². The number of ether oxygens (including phenoxy) is 1. The van der Waals surface area contributed by atoms with E-state index in [-0.39, 0.29) is 11.9 Å². The van der Waals surface area contributed by atoms with Gasteiger partial charge in [0.2, 0.25) is 5.91 Å². The normalized spacial score (nSPS) is 14.8. The lowest BCUT2D eigenvalue weighted by Crippen LogP contribution is -2.11. The molecule has 0 spiro atoms. The first-order chi connectivity index (χ1) is 9.58. The van der Waals surface area contributed by atoms with Crippen LogP contribution in [0.5, 0.6) is 5.75 Å². The summed E-state index contributed by atoms with van der Waals surface area (Å²) >= 11 is 7.81. The molecule has 2 heterocycles. The molecule has 0 bridgehead atoms. The second kappa shape index (κ2) is 5.09. The predicted octanol–water partition coefficient (Wildman–Crippen LogP) is 2.95. The zero-order valence-electron chi connectivity index (χ0n) is 10.8. The van der Waals surface area contributed by atoms with Crippen molar-refractivity contribution >= 4 is 34.5 Å². The molecular formula is C14H13ClN2O2S. The van der Waals surface area contributed by atoms with Gasteiger partial charge in [-0.1, -0.05) is 11.6 Å². The number of fused-ring (bicyclic) bond motifs is 1. The largest absolute Gasteiger partial charge is 0.496 e. The molecule has 1 aliphatic rings. The maximum absolute atomic E-state index is 11.4. The minimum Gasteiger partial charge on any atom is -0.496 e. The summed E-state index contributed by atoms with van der Waals surface area (Å²) < 4.78 is 5.17. The molecule has 3 N–H and O–H groups in total. The van der Waals surface area contributed by atoms with Crippen molar-refractivity contribution in [2.24, 2.45) is 5.73 Å². The fourth-order valence-corrected chi connectivity index (χ4v) is 3.42. The van der Waals surface area contributed by atoms with Gasteiger partial charge in [-0.2, -0.15) is 0 Å². The highest BCUT2D eigenvalue weighted by molar-refractivity contribution is 7.10. The fourth-order valence-electron chi connectivity index (χ4n) is 2.26. The van der Waals surface area contributed by atoms with Crippen molar-refractivity contribution in [1.29, 1.82) is 0 Å². The van der Waals surface area contributed by atoms with Gasteiger partial charge in [-0.3, -0.25) is 4.79 Å². The Bertz CT molecular complexity index is 684. The summed E-state index contributed by atoms with van der Waals surface area (Å²) in [6.07, 6.45) is 0.375. The average molecular weight is 309 g/mol. The SMILES string of the molecule is COc1csc(C(N)c2cc3c(cc2Cl)NC(=O)C3)c1. The maximum atomic E-state index is 11.4. The van der Waals surface area contributed by atoms with E-state index in [1.54, 1.807) is 13.2 Å². The van der Waals surface area contributed by atoms with Crippen molar-refractivity contribution < 1.29 is 9.53 Å². The van der Waals surface area contributed by atoms with Crippen LogP contribution in [0.4, 0.5) is 5.69 Å². The lowest BCUT2D eigenvalue weighted by Gasteiger charge is -2.13. The van der Waals surface area contributed by atoms with Crippen LogP contribution in [-0.2, 0) is 11.2 Å². The molecule has 1 amide bonds. The number of nitrogens with one attached hydrogen (secondary N) is 1. The van der Waals surface area contributed by atoms with E-state index in [0.717, 1.165) is 27.4 Å². The number of anilines is 1. The number of hydrogen-bond donors (Lipinski definition) is 2. The van der Waals surface area contributed by atoms with E-state index in [2.05, 4.69) is 5.32 Å². The summed E-state index contributed by atoms with van der Waals surface area (Å²) in [6, 6.07) is 5.26. The van der Waals surface area contributed by atoms with Crippen LogP contribution in [0.15, 0.2) is 23.6 Å². The van der Waals surface area contributed by atoms with Crippen LogP contribution in [0.25, 0.3) is 0 Å². The van der Waals surface area contributed by atoms with Crippen molar-refractivity contribution in [3.63, 3.8) is 0 Å². The van der Waals surface area contributed by atoms with Gasteiger partial charge in [-0.05, 0) is 29.3 Å². The van der Waals surface area contributed by atoms with E-state index in [9.17, 15) is 4.79 Å². The van der Waals surface area contributed by atoms with Crippen LogP contribution in [-0.4, -0.2) is 13.0 Å². The van der Waals surface area contributed by atoms with Gasteiger partial charge in [-0.15, -0.1) is 11.3 Å². The Labute approximate surface area is 125 Å². The van der Waals surface area contributed by atoms with E-state index in [4.69, 9.17) is 22.1 Å². The topological polar surface area (TPSA) is 64.3 Å². The Morgan fingerprint density at radius 2 is 2.25 bits per heavy atom. The van der Waals surface area contributed by atoms with Gasteiger partial charge in [0.1, 0.15) is 5.75 Å². The number of rotatable bonds is 3. The maximum Gasteiger partial charge on any atom is 0.228 e. The molecule has 0 radical (unpaired) electrons. The average Bonchev–Trinajstić information content (AvgIpc) is 3.02. The first kappa shape index (κ1) is 13.4. The third kappa shape index (κ3) is 2.28. The summed E-state index contributed by atoms with van der Waals surface area (Å²) in [5.74, 6) is 0.772. The number of carbonyl (C=O) groups excluding carboxylic acids is 1. The van der Waals surface area contributed by atoms with E-state index in [1.165, 1.54) is 11.3 Å². The van der Waals surface area contributed by atoms with Gasteiger partial charge in [0.05, 0.1) is 19.6 Å². The first-order valence-electron chi connectivity index (χ1n) is 6.08. The highest BCUT2D eigenvalue weighted by Crippen LogP contribution is 2.36. The van der Waals surface area contributed by atoms with Crippen LogP contribution >= 0.6 is 22.9 Å². The van der Waals surface area contributed by atoms with Gasteiger partial charge in [0.25, 0.3) is 0 Å². The van der Waals surface area contributed by atoms with Crippen LogP contribution < -0.4 is 15.8 Å². The van der Waals surface area contributed by atoms with Crippen molar-refractivity contribution in [3.05, 3.63) is 44.6 Å². The molecule has 6 heteroatoms. The molecule has 1 unspecified atom stereocenters. The second-order valence-corrected chi connectivity index (χ2v) is 5.97. The minimum atomic E-state index is -0.322. The summed E-state index contributed by atoms with van der Waals surface area (Å²) in [5.41, 5.74) is 8.82. The summed E-state index contributed by atoms with van der Waals surface area (Å²) in [7, 11) is 1.62. The Balaban J connectivity index is 1.97. The number of carbonyl (C=O) groups is 1. The van der Waals surface area contributed by atoms with Gasteiger partial charge >= 0.3 is 0 Å². The molecule has 104 valence electrons. The molecule has 1 atom stereocenters. The summed E-state index contributed by atoms with van der Waals surface area (Å²) in [6.45, 7) is 0. The first-order valence-corrected chi connectivity index (χ1v) is 7.34. The van der Waals surface area contributed by atoms with Crippen molar-refractivity contribution in [3.8, 4) is 5.75 Å². The van der Waals surface area contributed by atoms with E-state index in [0.29, 0.717) is 11.4 Å². The van der Waals surface area contributed by atoms with Crippen LogP contribution in [0.1, 0.15) is 22.0 Å². The Morgan fingerprint density at radius 3 is 2.95 bits per heavy atom. The molecule has 4 nitrogen and oxygen atoms in total. The Hall–Kier alpha value is -1.56. The second-order valence-electron chi connectivity index (χ2n) is 4.62. The number of benzene rings is 1.